The fourth-order valence-corrected chi connectivity index (χ4v) is 5.22. The van der Waals surface area contributed by atoms with Crippen molar-refractivity contribution in [3.05, 3.63) is 64.7 Å². The van der Waals surface area contributed by atoms with Crippen LogP contribution >= 0.6 is 0 Å². The molecule has 2 atom stereocenters. The number of anilines is 1. The lowest BCUT2D eigenvalue weighted by Crippen LogP contribution is -2.49. The van der Waals surface area contributed by atoms with Crippen LogP contribution in [0.3, 0.4) is 0 Å². The van der Waals surface area contributed by atoms with Crippen LogP contribution in [0.4, 0.5) is 5.69 Å². The summed E-state index contributed by atoms with van der Waals surface area (Å²) in [6.45, 7) is 5.71. The van der Waals surface area contributed by atoms with Crippen LogP contribution < -0.4 is 9.62 Å². The Morgan fingerprint density at radius 1 is 1.10 bits per heavy atom. The number of carbonyl (C=O) groups excluding carboxylic acids is 1. The van der Waals surface area contributed by atoms with E-state index in [2.05, 4.69) is 23.5 Å². The average Bonchev–Trinajstić information content (AvgIpc) is 3.13. The first kappa shape index (κ1) is 21.4. The van der Waals surface area contributed by atoms with Crippen LogP contribution in [0.1, 0.15) is 55.0 Å². The van der Waals surface area contributed by atoms with Gasteiger partial charge in [0.25, 0.3) is 0 Å². The molecular formula is C23H30N2O3S. The molecule has 2 aromatic rings. The number of fused-ring (bicyclic) bond motifs is 1. The molecule has 0 aliphatic heterocycles. The lowest BCUT2D eigenvalue weighted by atomic mass is 10.0. The number of nitrogens with one attached hydrogen (secondary N) is 1. The fourth-order valence-electron chi connectivity index (χ4n) is 4.01. The SMILES string of the molecule is CC[C@H](C(=O)N[C@H](C)c1ccc2c(c1)CCC2)N(c1ccc(C)cc1)S(C)(=O)=O. The van der Waals surface area contributed by atoms with Gasteiger partial charge in [0, 0.05) is 0 Å². The smallest absolute Gasteiger partial charge is 0.244 e. The van der Waals surface area contributed by atoms with Gasteiger partial charge in [-0.1, -0.05) is 42.8 Å². The predicted molar refractivity (Wildman–Crippen MR) is 118 cm³/mol. The topological polar surface area (TPSA) is 66.5 Å². The molecule has 0 aromatic heterocycles. The first-order valence-electron chi connectivity index (χ1n) is 10.2. The Hall–Kier alpha value is -2.34. The minimum Gasteiger partial charge on any atom is -0.348 e. The second-order valence-electron chi connectivity index (χ2n) is 7.93. The van der Waals surface area contributed by atoms with Gasteiger partial charge in [0.2, 0.25) is 15.9 Å². The van der Waals surface area contributed by atoms with E-state index in [1.807, 2.05) is 32.9 Å². The Bertz CT molecular complexity index is 984. The van der Waals surface area contributed by atoms with E-state index >= 15 is 0 Å². The number of sulfonamides is 1. The summed E-state index contributed by atoms with van der Waals surface area (Å²) in [4.78, 5) is 13.1. The predicted octanol–water partition coefficient (Wildman–Crippen LogP) is 3.91. The summed E-state index contributed by atoms with van der Waals surface area (Å²) >= 11 is 0. The Balaban J connectivity index is 1.83. The minimum absolute atomic E-state index is 0.193. The second kappa shape index (κ2) is 8.57. The molecule has 1 amide bonds. The molecule has 1 N–H and O–H groups in total. The van der Waals surface area contributed by atoms with Gasteiger partial charge in [-0.05, 0) is 68.4 Å². The molecule has 2 aromatic carbocycles. The van der Waals surface area contributed by atoms with Crippen LogP contribution in [-0.4, -0.2) is 26.6 Å². The molecule has 0 fully saturated rings. The van der Waals surface area contributed by atoms with E-state index < -0.39 is 16.1 Å². The number of nitrogens with zero attached hydrogens (tertiary/aromatic N) is 1. The molecule has 29 heavy (non-hydrogen) atoms. The molecule has 1 aliphatic rings. The standard InChI is InChI=1S/C23H30N2O3S/c1-5-22(25(29(4,27)28)21-13-9-16(2)10-14-21)23(26)24-17(3)19-12-11-18-7-6-8-20(18)15-19/h9-15,17,22H,5-8H2,1-4H3,(H,24,26)/t17-,22-/m1/s1. The molecule has 0 unspecified atom stereocenters. The molecule has 5 nitrogen and oxygen atoms in total. The van der Waals surface area contributed by atoms with Crippen molar-refractivity contribution in [1.82, 2.24) is 5.32 Å². The van der Waals surface area contributed by atoms with E-state index in [0.29, 0.717) is 12.1 Å². The molecule has 0 saturated heterocycles. The number of aryl methyl sites for hydroxylation is 3. The van der Waals surface area contributed by atoms with E-state index in [9.17, 15) is 13.2 Å². The monoisotopic (exact) mass is 414 g/mol. The maximum Gasteiger partial charge on any atom is 0.244 e. The summed E-state index contributed by atoms with van der Waals surface area (Å²) in [5.41, 5.74) is 5.33. The third-order valence-electron chi connectivity index (χ3n) is 5.60. The molecule has 1 aliphatic carbocycles. The summed E-state index contributed by atoms with van der Waals surface area (Å²) in [6.07, 6.45) is 4.90. The van der Waals surface area contributed by atoms with Gasteiger partial charge in [-0.25, -0.2) is 8.42 Å². The zero-order valence-corrected chi connectivity index (χ0v) is 18.4. The zero-order chi connectivity index (χ0) is 21.2. The van der Waals surface area contributed by atoms with E-state index in [1.165, 1.54) is 21.9 Å². The van der Waals surface area contributed by atoms with Crippen molar-refractivity contribution >= 4 is 21.6 Å². The Labute approximate surface area is 174 Å². The summed E-state index contributed by atoms with van der Waals surface area (Å²) in [7, 11) is -3.62. The molecule has 0 radical (unpaired) electrons. The number of rotatable bonds is 7. The highest BCUT2D eigenvalue weighted by Gasteiger charge is 2.32. The lowest BCUT2D eigenvalue weighted by molar-refractivity contribution is -0.122. The molecule has 0 heterocycles. The fraction of sp³-hybridized carbons (Fsp3) is 0.435. The number of amides is 1. The molecular weight excluding hydrogens is 384 g/mol. The van der Waals surface area contributed by atoms with Crippen molar-refractivity contribution < 1.29 is 13.2 Å². The van der Waals surface area contributed by atoms with Crippen LogP contribution in [0, 0.1) is 6.92 Å². The highest BCUT2D eigenvalue weighted by Crippen LogP contribution is 2.27. The van der Waals surface area contributed by atoms with Crippen molar-refractivity contribution in [3.8, 4) is 0 Å². The minimum atomic E-state index is -3.62. The summed E-state index contributed by atoms with van der Waals surface area (Å²) < 4.78 is 26.3. The Morgan fingerprint density at radius 3 is 2.38 bits per heavy atom. The number of hydrogen-bond acceptors (Lipinski definition) is 3. The third kappa shape index (κ3) is 4.81. The van der Waals surface area contributed by atoms with Crippen LogP contribution in [-0.2, 0) is 27.7 Å². The van der Waals surface area contributed by atoms with E-state index in [4.69, 9.17) is 0 Å². The third-order valence-corrected chi connectivity index (χ3v) is 6.78. The van der Waals surface area contributed by atoms with Crippen LogP contribution in [0.5, 0.6) is 0 Å². The van der Waals surface area contributed by atoms with Crippen molar-refractivity contribution in [2.75, 3.05) is 10.6 Å². The maximum absolute atomic E-state index is 13.1. The molecule has 0 spiro atoms. The van der Waals surface area contributed by atoms with E-state index in [-0.39, 0.29) is 11.9 Å². The van der Waals surface area contributed by atoms with Crippen molar-refractivity contribution in [2.45, 2.75) is 58.5 Å². The number of hydrogen-bond donors (Lipinski definition) is 1. The van der Waals surface area contributed by atoms with Gasteiger partial charge in [-0.3, -0.25) is 9.10 Å². The average molecular weight is 415 g/mol. The summed E-state index contributed by atoms with van der Waals surface area (Å²) in [5, 5.41) is 3.03. The van der Waals surface area contributed by atoms with Gasteiger partial charge in [0.1, 0.15) is 6.04 Å². The number of benzene rings is 2. The first-order valence-corrected chi connectivity index (χ1v) is 12.0. The first-order chi connectivity index (χ1) is 13.7. The van der Waals surface area contributed by atoms with Crippen molar-refractivity contribution in [3.63, 3.8) is 0 Å². The van der Waals surface area contributed by atoms with Gasteiger partial charge in [-0.2, -0.15) is 0 Å². The summed E-state index contributed by atoms with van der Waals surface area (Å²) in [6, 6.07) is 12.6. The quantitative estimate of drug-likeness (QED) is 0.747. The molecule has 0 bridgehead atoms. The Kier molecular flexibility index (Phi) is 6.32. The molecule has 6 heteroatoms. The van der Waals surface area contributed by atoms with Crippen molar-refractivity contribution in [2.24, 2.45) is 0 Å². The van der Waals surface area contributed by atoms with Gasteiger partial charge in [0.05, 0.1) is 18.0 Å². The van der Waals surface area contributed by atoms with Crippen LogP contribution in [0.25, 0.3) is 0 Å². The van der Waals surface area contributed by atoms with E-state index in [1.54, 1.807) is 12.1 Å². The highest BCUT2D eigenvalue weighted by atomic mass is 32.2. The van der Waals surface area contributed by atoms with Gasteiger partial charge < -0.3 is 5.32 Å². The van der Waals surface area contributed by atoms with Crippen LogP contribution in [0.15, 0.2) is 42.5 Å². The van der Waals surface area contributed by atoms with Crippen LogP contribution in [0.2, 0.25) is 0 Å². The molecule has 0 saturated carbocycles. The van der Waals surface area contributed by atoms with Gasteiger partial charge >= 0.3 is 0 Å². The van der Waals surface area contributed by atoms with Gasteiger partial charge in [0.15, 0.2) is 0 Å². The zero-order valence-electron chi connectivity index (χ0n) is 17.6. The van der Waals surface area contributed by atoms with Crippen molar-refractivity contribution in [1.29, 1.82) is 0 Å². The molecule has 156 valence electrons. The largest absolute Gasteiger partial charge is 0.348 e. The highest BCUT2D eigenvalue weighted by molar-refractivity contribution is 7.92. The maximum atomic E-state index is 13.1. The van der Waals surface area contributed by atoms with E-state index in [0.717, 1.165) is 30.2 Å². The molecule has 3 rings (SSSR count). The van der Waals surface area contributed by atoms with Gasteiger partial charge in [-0.15, -0.1) is 0 Å². The summed E-state index contributed by atoms with van der Waals surface area (Å²) in [5.74, 6) is -0.286. The Morgan fingerprint density at radius 2 is 1.76 bits per heavy atom. The lowest BCUT2D eigenvalue weighted by Gasteiger charge is -2.31. The second-order valence-corrected chi connectivity index (χ2v) is 9.79. The normalized spacial score (nSPS) is 15.4. The number of carbonyl (C=O) groups is 1.